The molecular formula is C15H19N3S. The van der Waals surface area contributed by atoms with Gasteiger partial charge in [0.2, 0.25) is 0 Å². The van der Waals surface area contributed by atoms with Crippen LogP contribution in [0.5, 0.6) is 0 Å². The van der Waals surface area contributed by atoms with Gasteiger partial charge in [-0.2, -0.15) is 5.10 Å². The van der Waals surface area contributed by atoms with Crippen molar-refractivity contribution in [2.45, 2.75) is 30.8 Å². The van der Waals surface area contributed by atoms with Crippen LogP contribution in [0, 0.1) is 0 Å². The predicted octanol–water partition coefficient (Wildman–Crippen LogP) is 2.88. The molecular weight excluding hydrogens is 254 g/mol. The van der Waals surface area contributed by atoms with E-state index >= 15 is 0 Å². The Kier molecular flexibility index (Phi) is 3.89. The summed E-state index contributed by atoms with van der Waals surface area (Å²) in [6.45, 7) is 5.01. The molecule has 0 saturated carbocycles. The summed E-state index contributed by atoms with van der Waals surface area (Å²) in [5.41, 5.74) is 2.75. The molecule has 0 aliphatic carbocycles. The Morgan fingerprint density at radius 1 is 1.42 bits per heavy atom. The molecule has 0 fully saturated rings. The molecule has 3 rings (SSSR count). The van der Waals surface area contributed by atoms with Gasteiger partial charge in [-0.1, -0.05) is 25.1 Å². The van der Waals surface area contributed by atoms with Crippen LogP contribution >= 0.6 is 11.8 Å². The van der Waals surface area contributed by atoms with E-state index in [4.69, 9.17) is 0 Å². The van der Waals surface area contributed by atoms with E-state index in [0.29, 0.717) is 5.92 Å². The molecule has 4 heteroatoms. The van der Waals surface area contributed by atoms with E-state index < -0.39 is 0 Å². The fraction of sp³-hybridized carbons (Fsp3) is 0.400. The molecule has 1 unspecified atom stereocenters. The van der Waals surface area contributed by atoms with Crippen molar-refractivity contribution < 1.29 is 0 Å². The molecule has 19 heavy (non-hydrogen) atoms. The average molecular weight is 273 g/mol. The summed E-state index contributed by atoms with van der Waals surface area (Å²) in [5, 5.41) is 7.80. The van der Waals surface area contributed by atoms with Crippen molar-refractivity contribution in [2.24, 2.45) is 0 Å². The maximum absolute atomic E-state index is 4.47. The molecule has 3 nitrogen and oxygen atoms in total. The van der Waals surface area contributed by atoms with Gasteiger partial charge in [-0.3, -0.25) is 4.68 Å². The number of nitrogens with zero attached hydrogens (tertiary/aromatic N) is 2. The Hall–Kier alpha value is -1.26. The van der Waals surface area contributed by atoms with E-state index in [0.717, 1.165) is 19.6 Å². The Balaban J connectivity index is 1.68. The summed E-state index contributed by atoms with van der Waals surface area (Å²) in [6.07, 6.45) is 4.13. The van der Waals surface area contributed by atoms with Gasteiger partial charge >= 0.3 is 0 Å². The van der Waals surface area contributed by atoms with Crippen molar-refractivity contribution in [2.75, 3.05) is 12.3 Å². The fourth-order valence-electron chi connectivity index (χ4n) is 2.47. The molecule has 1 N–H and O–H groups in total. The van der Waals surface area contributed by atoms with Crippen LogP contribution in [-0.4, -0.2) is 22.1 Å². The zero-order chi connectivity index (χ0) is 13.1. The molecule has 1 aromatic carbocycles. The molecule has 1 aromatic heterocycles. The standard InChI is InChI=1S/C15H19N3S/c1-2-16-7-12-8-17-18(9-12)10-13-11-19-15-6-4-3-5-14(13)15/h3-6,8-9,13,16H,2,7,10-11H2,1H3. The minimum absolute atomic E-state index is 0.591. The van der Waals surface area contributed by atoms with Crippen molar-refractivity contribution in [1.82, 2.24) is 15.1 Å². The SMILES string of the molecule is CCNCc1cnn(CC2CSc3ccccc32)c1. The number of hydrogen-bond donors (Lipinski definition) is 1. The van der Waals surface area contributed by atoms with Crippen molar-refractivity contribution in [3.05, 3.63) is 47.8 Å². The second-order valence-electron chi connectivity index (χ2n) is 4.90. The highest BCUT2D eigenvalue weighted by Gasteiger charge is 2.23. The first-order chi connectivity index (χ1) is 9.36. The highest BCUT2D eigenvalue weighted by molar-refractivity contribution is 7.99. The molecule has 1 aliphatic heterocycles. The number of rotatable bonds is 5. The second-order valence-corrected chi connectivity index (χ2v) is 5.96. The van der Waals surface area contributed by atoms with Crippen LogP contribution in [0.1, 0.15) is 24.0 Å². The van der Waals surface area contributed by atoms with Gasteiger partial charge in [-0.05, 0) is 18.2 Å². The molecule has 0 amide bonds. The van der Waals surface area contributed by atoms with Crippen LogP contribution < -0.4 is 5.32 Å². The summed E-state index contributed by atoms with van der Waals surface area (Å²) in [4.78, 5) is 1.44. The van der Waals surface area contributed by atoms with E-state index in [1.807, 2.05) is 18.0 Å². The fourth-order valence-corrected chi connectivity index (χ4v) is 3.71. The first kappa shape index (κ1) is 12.8. The third kappa shape index (κ3) is 2.85. The predicted molar refractivity (Wildman–Crippen MR) is 79.5 cm³/mol. The van der Waals surface area contributed by atoms with Gasteiger partial charge in [0, 0.05) is 41.4 Å². The topological polar surface area (TPSA) is 29.9 Å². The minimum Gasteiger partial charge on any atom is -0.313 e. The maximum atomic E-state index is 4.47. The Labute approximate surface area is 118 Å². The Bertz CT molecular complexity index is 550. The molecule has 1 aliphatic rings. The van der Waals surface area contributed by atoms with E-state index in [1.54, 1.807) is 0 Å². The molecule has 2 heterocycles. The van der Waals surface area contributed by atoms with Gasteiger partial charge in [-0.25, -0.2) is 0 Å². The average Bonchev–Trinajstić information content (AvgIpc) is 3.05. The van der Waals surface area contributed by atoms with Crippen LogP contribution in [0.3, 0.4) is 0 Å². The lowest BCUT2D eigenvalue weighted by atomic mass is 10.0. The maximum Gasteiger partial charge on any atom is 0.0534 e. The number of nitrogens with one attached hydrogen (secondary N) is 1. The monoisotopic (exact) mass is 273 g/mol. The van der Waals surface area contributed by atoms with Crippen molar-refractivity contribution >= 4 is 11.8 Å². The van der Waals surface area contributed by atoms with Gasteiger partial charge in [-0.15, -0.1) is 11.8 Å². The molecule has 100 valence electrons. The van der Waals surface area contributed by atoms with E-state index in [9.17, 15) is 0 Å². The first-order valence-electron chi connectivity index (χ1n) is 6.80. The third-order valence-electron chi connectivity index (χ3n) is 3.47. The lowest BCUT2D eigenvalue weighted by molar-refractivity contribution is 0.548. The normalized spacial score (nSPS) is 17.6. The number of fused-ring (bicyclic) bond motifs is 1. The summed E-state index contributed by atoms with van der Waals surface area (Å²) >= 11 is 1.96. The van der Waals surface area contributed by atoms with Crippen LogP contribution in [0.2, 0.25) is 0 Å². The molecule has 1 atom stereocenters. The second kappa shape index (κ2) is 5.80. The lowest BCUT2D eigenvalue weighted by Crippen LogP contribution is -2.11. The number of thioether (sulfide) groups is 1. The van der Waals surface area contributed by atoms with Crippen molar-refractivity contribution in [3.63, 3.8) is 0 Å². The van der Waals surface area contributed by atoms with Gasteiger partial charge in [0.1, 0.15) is 0 Å². The third-order valence-corrected chi connectivity index (χ3v) is 4.72. The molecule has 2 aromatic rings. The number of benzene rings is 1. The van der Waals surface area contributed by atoms with Crippen molar-refractivity contribution in [3.8, 4) is 0 Å². The zero-order valence-corrected chi connectivity index (χ0v) is 12.0. The summed E-state index contributed by atoms with van der Waals surface area (Å²) < 4.78 is 2.08. The van der Waals surface area contributed by atoms with Crippen LogP contribution in [0.25, 0.3) is 0 Å². The molecule has 0 saturated heterocycles. The van der Waals surface area contributed by atoms with E-state index in [1.165, 1.54) is 21.8 Å². The van der Waals surface area contributed by atoms with Gasteiger partial charge in [0.25, 0.3) is 0 Å². The summed E-state index contributed by atoms with van der Waals surface area (Å²) in [6, 6.07) is 8.73. The van der Waals surface area contributed by atoms with Crippen LogP contribution in [0.15, 0.2) is 41.6 Å². The minimum atomic E-state index is 0.591. The van der Waals surface area contributed by atoms with Crippen LogP contribution in [0.4, 0.5) is 0 Å². The van der Waals surface area contributed by atoms with Crippen LogP contribution in [-0.2, 0) is 13.1 Å². The zero-order valence-electron chi connectivity index (χ0n) is 11.2. The molecule has 0 spiro atoms. The molecule has 0 bridgehead atoms. The van der Waals surface area contributed by atoms with E-state index in [2.05, 4.69) is 52.5 Å². The Morgan fingerprint density at radius 3 is 3.21 bits per heavy atom. The van der Waals surface area contributed by atoms with Gasteiger partial charge in [0.05, 0.1) is 6.20 Å². The first-order valence-corrected chi connectivity index (χ1v) is 7.79. The summed E-state index contributed by atoms with van der Waals surface area (Å²) in [7, 11) is 0. The Morgan fingerprint density at radius 2 is 2.32 bits per heavy atom. The number of aromatic nitrogens is 2. The van der Waals surface area contributed by atoms with Gasteiger partial charge < -0.3 is 5.32 Å². The highest BCUT2D eigenvalue weighted by Crippen LogP contribution is 2.39. The summed E-state index contributed by atoms with van der Waals surface area (Å²) in [5.74, 6) is 1.76. The smallest absolute Gasteiger partial charge is 0.0534 e. The largest absolute Gasteiger partial charge is 0.313 e. The quantitative estimate of drug-likeness (QED) is 0.908. The highest BCUT2D eigenvalue weighted by atomic mass is 32.2. The number of hydrogen-bond acceptors (Lipinski definition) is 3. The van der Waals surface area contributed by atoms with Gasteiger partial charge in [0.15, 0.2) is 0 Å². The lowest BCUT2D eigenvalue weighted by Gasteiger charge is -2.10. The van der Waals surface area contributed by atoms with Crippen molar-refractivity contribution in [1.29, 1.82) is 0 Å². The van der Waals surface area contributed by atoms with E-state index in [-0.39, 0.29) is 0 Å². The molecule has 0 radical (unpaired) electrons.